The zero-order valence-corrected chi connectivity index (χ0v) is 23.6. The van der Waals surface area contributed by atoms with Crippen LogP contribution in [0.1, 0.15) is 64.6 Å². The van der Waals surface area contributed by atoms with Crippen molar-refractivity contribution in [2.75, 3.05) is 0 Å². The Labute approximate surface area is 313 Å². The van der Waals surface area contributed by atoms with Gasteiger partial charge in [-0.2, -0.15) is 0 Å². The van der Waals surface area contributed by atoms with Gasteiger partial charge in [-0.3, -0.25) is 0 Å². The Bertz CT molecular complexity index is 4390. The van der Waals surface area contributed by atoms with E-state index in [0.717, 1.165) is 6.07 Å². The molecule has 11 rings (SSSR count). The van der Waals surface area contributed by atoms with Gasteiger partial charge in [0.1, 0.15) is 0 Å². The van der Waals surface area contributed by atoms with Crippen molar-refractivity contribution in [3.05, 3.63) is 156 Å². The van der Waals surface area contributed by atoms with Crippen molar-refractivity contribution >= 4 is 64.6 Å². The Morgan fingerprint density at radius 1 is 0.404 bits per heavy atom. The summed E-state index contributed by atoms with van der Waals surface area (Å²) in [6.07, 6.45) is 0. The lowest BCUT2D eigenvalue weighted by Gasteiger charge is -2.23. The van der Waals surface area contributed by atoms with E-state index in [1.807, 2.05) is 0 Å². The summed E-state index contributed by atoms with van der Waals surface area (Å²) in [5.74, 6) is 0. The highest BCUT2D eigenvalue weighted by molar-refractivity contribution is 6.26. The van der Waals surface area contributed by atoms with Crippen LogP contribution in [0.5, 0.6) is 0 Å². The molecule has 0 spiro atoms. The van der Waals surface area contributed by atoms with Crippen molar-refractivity contribution in [2.24, 2.45) is 0 Å². The highest BCUT2D eigenvalue weighted by atomic mass is 14.4. The first-order chi connectivity index (χ1) is 35.2. The third-order valence-electron chi connectivity index (χ3n) is 8.87. The molecule has 10 aromatic rings. The van der Waals surface area contributed by atoms with Crippen LogP contribution in [0.25, 0.3) is 98.0 Å². The molecule has 1 aliphatic carbocycles. The summed E-state index contributed by atoms with van der Waals surface area (Å²) >= 11 is 0. The molecule has 0 heterocycles. The molecule has 0 amide bonds. The zero-order valence-electron chi connectivity index (χ0n) is 52.6. The molecular formula is C47H30. The van der Waals surface area contributed by atoms with E-state index < -0.39 is 246 Å². The van der Waals surface area contributed by atoms with Gasteiger partial charge in [-0.1, -0.05) is 147 Å². The van der Waals surface area contributed by atoms with Crippen LogP contribution in [-0.4, -0.2) is 0 Å². The molecule has 0 aliphatic heterocycles. The molecular weight excluding hydrogens is 565 g/mol. The van der Waals surface area contributed by atoms with Gasteiger partial charge in [0, 0.05) is 13.6 Å². The normalized spacial score (nSPS) is 23.2. The molecule has 1 aliphatic rings. The molecule has 0 radical (unpaired) electrons. The lowest BCUT2D eigenvalue weighted by atomic mass is 9.80. The average molecular weight is 624 g/mol. The molecule has 0 saturated heterocycles. The second kappa shape index (κ2) is 8.75. The minimum atomic E-state index is -3.90. The van der Waals surface area contributed by atoms with Gasteiger partial charge in [0.2, 0.25) is 0 Å². The number of rotatable bonds is 2. The van der Waals surface area contributed by atoms with E-state index >= 15 is 0 Å². The van der Waals surface area contributed by atoms with E-state index in [-0.39, 0.29) is 21.5 Å². The van der Waals surface area contributed by atoms with E-state index in [1.165, 1.54) is 0 Å². The fourth-order valence-corrected chi connectivity index (χ4v) is 6.73. The van der Waals surface area contributed by atoms with Crippen LogP contribution in [-0.2, 0) is 5.41 Å². The maximum atomic E-state index is 9.97. The number of hydrogen-bond donors (Lipinski definition) is 0. The molecule has 0 nitrogen and oxygen atoms in total. The Kier molecular flexibility index (Phi) is 1.93. The second-order valence-electron chi connectivity index (χ2n) is 11.3. The molecule has 0 atom stereocenters. The van der Waals surface area contributed by atoms with Crippen molar-refractivity contribution in [1.82, 2.24) is 0 Å². The van der Waals surface area contributed by atoms with Gasteiger partial charge in [-0.05, 0) is 121 Å². The van der Waals surface area contributed by atoms with Crippen LogP contribution in [0.3, 0.4) is 0 Å². The van der Waals surface area contributed by atoms with Crippen molar-refractivity contribution in [3.63, 3.8) is 0 Å². The lowest BCUT2D eigenvalue weighted by molar-refractivity contribution is 0.661. The van der Waals surface area contributed by atoms with Crippen LogP contribution in [0.4, 0.5) is 0 Å². The molecule has 0 N–H and O–H groups in total. The van der Waals surface area contributed by atoms with Crippen molar-refractivity contribution < 1.29 is 39.8 Å². The maximum absolute atomic E-state index is 9.97. The van der Waals surface area contributed by atoms with Crippen LogP contribution < -0.4 is 0 Å². The van der Waals surface area contributed by atoms with Gasteiger partial charge < -0.3 is 0 Å². The van der Waals surface area contributed by atoms with Gasteiger partial charge in [0.15, 0.2) is 0 Å². The number of benzene rings is 10. The summed E-state index contributed by atoms with van der Waals surface area (Å²) in [5.41, 5.74) is -10.3. The molecule has 10 aromatic carbocycles. The molecule has 0 heteroatoms. The number of fused-ring (bicyclic) bond motifs is 3. The largest absolute Gasteiger partial charge is 0.0633 e. The summed E-state index contributed by atoms with van der Waals surface area (Å²) in [7, 11) is 0. The van der Waals surface area contributed by atoms with E-state index in [0.29, 0.717) is 0 Å². The minimum absolute atomic E-state index is 0.295. The fourth-order valence-electron chi connectivity index (χ4n) is 6.73. The first kappa shape index (κ1) is 10.4. The third kappa shape index (κ3) is 3.27. The lowest BCUT2D eigenvalue weighted by Crippen LogP contribution is -2.15. The fraction of sp³-hybridized carbons (Fsp3) is 0.0638. The molecule has 47 heavy (non-hydrogen) atoms. The van der Waals surface area contributed by atoms with Gasteiger partial charge >= 0.3 is 0 Å². The summed E-state index contributed by atoms with van der Waals surface area (Å²) in [4.78, 5) is 0. The molecule has 218 valence electrons. The predicted octanol–water partition coefficient (Wildman–Crippen LogP) is 13.1. The SMILES string of the molecule is [2H]c1c(-c2c([2H])c([2H])c3c([2H])c([2H])c4c([2H])c([2H])c([2H])c5c([2H])c([2H])c2c3c45)cc2c(c1[2H])-c1c([2H])c([2H])c(-c3c([2H])c([2H])c4c([2H])c([2H])c5c([2H])c([2H])c([2H])c6c([2H])c([2H])c3c4c56)c([2H])c1C2(C([2H])([2H])[2H])C([2H])([2H])[2H]. The summed E-state index contributed by atoms with van der Waals surface area (Å²) in [5, 5.41) is -5.21. The van der Waals surface area contributed by atoms with Gasteiger partial charge in [0.05, 0.1) is 31.5 Å². The molecule has 0 unspecified atom stereocenters. The van der Waals surface area contributed by atoms with Crippen LogP contribution in [0, 0.1) is 0 Å². The van der Waals surface area contributed by atoms with Gasteiger partial charge in [0.25, 0.3) is 0 Å². The molecule has 0 fully saturated rings. The second-order valence-corrected chi connectivity index (χ2v) is 11.3. The van der Waals surface area contributed by atoms with Crippen molar-refractivity contribution in [2.45, 2.75) is 19.1 Å². The smallest absolute Gasteiger partial charge is 0.0610 e. The van der Waals surface area contributed by atoms with Gasteiger partial charge in [-0.15, -0.1) is 0 Å². The van der Waals surface area contributed by atoms with E-state index in [1.54, 1.807) is 0 Å². The standard InChI is InChI=1S/C47H30/c1-47(2)41-25-33(35-19-13-31-11-9-27-5-3-7-29-15-23-39(35)45(31)43(27)29)17-21-37(41)38-22-18-34(26-42(38)47)36-20-14-32-12-10-28-6-4-8-30-16-24-40(36)46(32)44(28)30/h3-26H,1-2H3/i1D3,2D3,3D,4D,5D,6D,7D,8D,9D,10D,11D,12D,13D,14D,15D,16D,17D,18D,19D,20D,21D,22D,23D,24D,25D. The van der Waals surface area contributed by atoms with E-state index in [9.17, 15) is 15.1 Å². The van der Waals surface area contributed by atoms with Crippen molar-refractivity contribution in [3.8, 4) is 33.4 Å². The highest BCUT2D eigenvalue weighted by Gasteiger charge is 2.36. The Morgan fingerprint density at radius 3 is 1.38 bits per heavy atom. The third-order valence-corrected chi connectivity index (χ3v) is 8.87. The quantitative estimate of drug-likeness (QED) is 0.168. The Balaban J connectivity index is 1.33. The molecule has 0 bridgehead atoms. The monoisotopic (exact) mass is 623 g/mol. The predicted molar refractivity (Wildman–Crippen MR) is 202 cm³/mol. The topological polar surface area (TPSA) is 0 Å². The molecule has 0 aromatic heterocycles. The Morgan fingerprint density at radius 2 is 0.830 bits per heavy atom. The van der Waals surface area contributed by atoms with Crippen LogP contribution >= 0.6 is 0 Å². The van der Waals surface area contributed by atoms with Crippen molar-refractivity contribution in [1.29, 1.82) is 0 Å². The highest BCUT2D eigenvalue weighted by Crippen LogP contribution is 2.52. The van der Waals surface area contributed by atoms with Crippen LogP contribution in [0.15, 0.2) is 145 Å². The van der Waals surface area contributed by atoms with E-state index in [4.69, 9.17) is 24.7 Å². The van der Waals surface area contributed by atoms with E-state index in [2.05, 4.69) is 0 Å². The van der Waals surface area contributed by atoms with Gasteiger partial charge in [-0.25, -0.2) is 0 Å². The Hall–Kier alpha value is -5.72. The first-order valence-corrected chi connectivity index (χ1v) is 14.3. The maximum Gasteiger partial charge on any atom is 0.0633 e. The number of hydrogen-bond acceptors (Lipinski definition) is 0. The summed E-state index contributed by atoms with van der Waals surface area (Å²) in [6, 6.07) is -19.1. The zero-order chi connectivity index (χ0) is 56.0. The minimum Gasteiger partial charge on any atom is -0.0610 e. The first-order valence-electron chi connectivity index (χ1n) is 28.8. The average Bonchev–Trinajstić information content (AvgIpc) is 3.91. The summed E-state index contributed by atoms with van der Waals surface area (Å²) < 4.78 is 265. The summed E-state index contributed by atoms with van der Waals surface area (Å²) in [6.45, 7) is -7.81. The van der Waals surface area contributed by atoms with Crippen LogP contribution in [0.2, 0.25) is 0 Å². The molecule has 0 saturated carbocycles.